The molecule has 316 valence electrons. The highest BCUT2D eigenvalue weighted by atomic mass is 19.4. The minimum atomic E-state index is -4.48. The second-order valence-electron chi connectivity index (χ2n) is 14.8. The van der Waals surface area contributed by atoms with Gasteiger partial charge < -0.3 is 9.80 Å². The number of halogens is 6. The molecule has 0 aliphatic carbocycles. The van der Waals surface area contributed by atoms with Gasteiger partial charge in [0.25, 0.3) is 0 Å². The van der Waals surface area contributed by atoms with Gasteiger partial charge in [-0.05, 0) is 130 Å². The largest absolute Gasteiger partial charge is 0.416 e. The van der Waals surface area contributed by atoms with Crippen LogP contribution in [0.5, 0.6) is 0 Å². The van der Waals surface area contributed by atoms with E-state index in [0.29, 0.717) is 11.1 Å². The molecule has 0 aromatic heterocycles. The van der Waals surface area contributed by atoms with E-state index in [1.165, 1.54) is 24.3 Å². The molecule has 8 aromatic rings. The van der Waals surface area contributed by atoms with Crippen LogP contribution in [0, 0.1) is 0 Å². The molecule has 0 N–H and O–H groups in total. The van der Waals surface area contributed by atoms with Gasteiger partial charge in [-0.1, -0.05) is 146 Å². The summed E-state index contributed by atoms with van der Waals surface area (Å²) in [5, 5.41) is 0. The van der Waals surface area contributed by atoms with Gasteiger partial charge in [-0.2, -0.15) is 26.3 Å². The monoisotopic (exact) mass is 854 g/mol. The first-order valence-corrected chi connectivity index (χ1v) is 20.5. The Hall–Kier alpha value is -7.84. The normalized spacial score (nSPS) is 12.3. The fourth-order valence-corrected chi connectivity index (χ4v) is 7.39. The van der Waals surface area contributed by atoms with Crippen molar-refractivity contribution < 1.29 is 26.3 Å². The smallest absolute Gasteiger partial charge is 0.311 e. The molecule has 0 amide bonds. The molecule has 64 heavy (non-hydrogen) atoms. The van der Waals surface area contributed by atoms with Crippen LogP contribution < -0.4 is 9.80 Å². The molecule has 0 fully saturated rings. The lowest BCUT2D eigenvalue weighted by Crippen LogP contribution is -2.09. The third-order valence-corrected chi connectivity index (χ3v) is 10.6. The van der Waals surface area contributed by atoms with Gasteiger partial charge in [-0.25, -0.2) is 0 Å². The molecule has 0 aliphatic heterocycles. The van der Waals surface area contributed by atoms with Gasteiger partial charge in [0.1, 0.15) is 0 Å². The van der Waals surface area contributed by atoms with Crippen LogP contribution in [0.25, 0.3) is 23.3 Å². The minimum absolute atomic E-state index is 0.546. The Labute approximate surface area is 368 Å². The van der Waals surface area contributed by atoms with Crippen molar-refractivity contribution in [1.82, 2.24) is 0 Å². The molecule has 2 nitrogen and oxygen atoms in total. The average Bonchev–Trinajstić information content (AvgIpc) is 3.32. The van der Waals surface area contributed by atoms with Crippen LogP contribution in [0.2, 0.25) is 0 Å². The SMILES string of the molecule is FC(F)(F)c1ccc(/C=C/C(=C(/C=C/c2ccc(C(F)(F)F)cc2)c2ccc(N(c3ccccc3)c3ccccc3)cc2)c2ccc(N(c3ccccc3)c3ccccc3)cc2)cc1. The van der Waals surface area contributed by atoms with Gasteiger partial charge in [-0.15, -0.1) is 0 Å². The van der Waals surface area contributed by atoms with Gasteiger partial charge in [0, 0.05) is 34.1 Å². The Balaban J connectivity index is 1.29. The summed E-state index contributed by atoms with van der Waals surface area (Å²) in [4.78, 5) is 4.28. The molecular formula is C56H40F6N2. The van der Waals surface area contributed by atoms with Crippen molar-refractivity contribution in [3.05, 3.63) is 264 Å². The molecule has 0 saturated carbocycles. The first-order valence-electron chi connectivity index (χ1n) is 20.5. The van der Waals surface area contributed by atoms with Crippen molar-refractivity contribution in [1.29, 1.82) is 0 Å². The molecule has 8 rings (SSSR count). The Morgan fingerprint density at radius 1 is 0.297 bits per heavy atom. The number of rotatable bonds is 12. The van der Waals surface area contributed by atoms with Crippen LogP contribution in [-0.4, -0.2) is 0 Å². The molecule has 0 spiro atoms. The van der Waals surface area contributed by atoms with E-state index in [2.05, 4.69) is 9.80 Å². The number of hydrogen-bond acceptors (Lipinski definition) is 2. The minimum Gasteiger partial charge on any atom is -0.311 e. The third-order valence-electron chi connectivity index (χ3n) is 10.6. The van der Waals surface area contributed by atoms with E-state index in [-0.39, 0.29) is 0 Å². The summed E-state index contributed by atoms with van der Waals surface area (Å²) in [6.45, 7) is 0. The van der Waals surface area contributed by atoms with Gasteiger partial charge in [0.15, 0.2) is 0 Å². The Kier molecular flexibility index (Phi) is 12.7. The highest BCUT2D eigenvalue weighted by Crippen LogP contribution is 2.39. The van der Waals surface area contributed by atoms with E-state index in [9.17, 15) is 26.3 Å². The van der Waals surface area contributed by atoms with Crippen LogP contribution in [-0.2, 0) is 12.4 Å². The summed E-state index contributed by atoms with van der Waals surface area (Å²) < 4.78 is 81.2. The van der Waals surface area contributed by atoms with Crippen molar-refractivity contribution in [2.75, 3.05) is 9.80 Å². The van der Waals surface area contributed by atoms with E-state index in [1.807, 2.05) is 182 Å². The Bertz CT molecular complexity index is 2560. The summed E-state index contributed by atoms with van der Waals surface area (Å²) in [7, 11) is 0. The van der Waals surface area contributed by atoms with Crippen LogP contribution in [0.1, 0.15) is 33.4 Å². The molecule has 0 bridgehead atoms. The molecule has 0 atom stereocenters. The maximum atomic E-state index is 13.5. The van der Waals surface area contributed by atoms with Crippen LogP contribution in [0.3, 0.4) is 0 Å². The van der Waals surface area contributed by atoms with Crippen LogP contribution >= 0.6 is 0 Å². The lowest BCUT2D eigenvalue weighted by atomic mass is 9.92. The Morgan fingerprint density at radius 3 is 0.797 bits per heavy atom. The van der Waals surface area contributed by atoms with Crippen molar-refractivity contribution in [2.45, 2.75) is 12.4 Å². The van der Waals surface area contributed by atoms with E-state index in [4.69, 9.17) is 0 Å². The summed E-state index contributed by atoms with van der Waals surface area (Å²) in [6.07, 6.45) is -1.72. The van der Waals surface area contributed by atoms with Crippen LogP contribution in [0.4, 0.5) is 60.5 Å². The van der Waals surface area contributed by atoms with Gasteiger partial charge in [0.2, 0.25) is 0 Å². The first kappa shape index (κ1) is 42.8. The Morgan fingerprint density at radius 2 is 0.547 bits per heavy atom. The zero-order chi connectivity index (χ0) is 44.5. The predicted molar refractivity (Wildman–Crippen MR) is 250 cm³/mol. The van der Waals surface area contributed by atoms with Gasteiger partial charge >= 0.3 is 12.4 Å². The number of anilines is 6. The average molecular weight is 855 g/mol. The number of para-hydroxylation sites is 4. The third kappa shape index (κ3) is 10.3. The maximum Gasteiger partial charge on any atom is 0.416 e. The topological polar surface area (TPSA) is 6.48 Å². The molecule has 0 aliphatic rings. The second kappa shape index (κ2) is 19.1. The van der Waals surface area contributed by atoms with Gasteiger partial charge in [0.05, 0.1) is 11.1 Å². The summed E-state index contributed by atoms with van der Waals surface area (Å²) in [5.41, 5.74) is 8.22. The first-order chi connectivity index (χ1) is 31.0. The number of allylic oxidation sites excluding steroid dienone is 4. The number of nitrogens with zero attached hydrogens (tertiary/aromatic N) is 2. The fraction of sp³-hybridized carbons (Fsp3) is 0.0357. The van der Waals surface area contributed by atoms with Crippen molar-refractivity contribution in [3.63, 3.8) is 0 Å². The maximum absolute atomic E-state index is 13.5. The molecule has 8 heteroatoms. The van der Waals surface area contributed by atoms with Crippen molar-refractivity contribution >= 4 is 57.4 Å². The molecular weight excluding hydrogens is 815 g/mol. The molecule has 0 radical (unpaired) electrons. The highest BCUT2D eigenvalue weighted by Gasteiger charge is 2.30. The zero-order valence-corrected chi connectivity index (χ0v) is 34.3. The van der Waals surface area contributed by atoms with Gasteiger partial charge in [-0.3, -0.25) is 0 Å². The lowest BCUT2D eigenvalue weighted by molar-refractivity contribution is -0.138. The molecule has 0 unspecified atom stereocenters. The highest BCUT2D eigenvalue weighted by molar-refractivity contribution is 6.03. The molecule has 0 heterocycles. The van der Waals surface area contributed by atoms with E-state index >= 15 is 0 Å². The number of hydrogen-bond donors (Lipinski definition) is 0. The van der Waals surface area contributed by atoms with E-state index < -0.39 is 23.5 Å². The van der Waals surface area contributed by atoms with E-state index in [1.54, 1.807) is 12.2 Å². The quantitative estimate of drug-likeness (QED) is 0.0686. The summed E-state index contributed by atoms with van der Waals surface area (Å²) >= 11 is 0. The van der Waals surface area contributed by atoms with Crippen molar-refractivity contribution in [2.24, 2.45) is 0 Å². The number of alkyl halides is 6. The van der Waals surface area contributed by atoms with E-state index in [0.717, 1.165) is 80.7 Å². The fourth-order valence-electron chi connectivity index (χ4n) is 7.39. The van der Waals surface area contributed by atoms with Crippen molar-refractivity contribution in [3.8, 4) is 0 Å². The predicted octanol–water partition coefficient (Wildman–Crippen LogP) is 17.0. The lowest BCUT2D eigenvalue weighted by Gasteiger charge is -2.26. The summed E-state index contributed by atoms with van der Waals surface area (Å²) in [6, 6.07) is 65.8. The zero-order valence-electron chi connectivity index (χ0n) is 34.3. The second-order valence-corrected chi connectivity index (χ2v) is 14.8. The molecule has 8 aromatic carbocycles. The standard InChI is InChI=1S/C56H40F6N2/c57-55(58,59)45-31-21-41(22-32-45)25-39-53(43-27-35-51(36-28-43)63(47-13-5-1-6-14-47)48-15-7-2-8-16-48)54(40-26-42-23-33-46(34-24-42)56(60,61)62)44-29-37-52(38-30-44)64(49-17-9-3-10-18-49)50-19-11-4-12-20-50/h1-40H/b39-25+,40-26+,54-53+. The number of benzene rings is 8. The summed E-state index contributed by atoms with van der Waals surface area (Å²) in [5.74, 6) is 0. The molecule has 0 saturated heterocycles. The van der Waals surface area contributed by atoms with Crippen LogP contribution in [0.15, 0.2) is 231 Å².